The fourth-order valence-corrected chi connectivity index (χ4v) is 3.49. The summed E-state index contributed by atoms with van der Waals surface area (Å²) in [7, 11) is 0. The average molecular weight is 312 g/mol. The predicted octanol–water partition coefficient (Wildman–Crippen LogP) is 2.05. The Kier molecular flexibility index (Phi) is 4.02. The first-order valence-electron chi connectivity index (χ1n) is 7.42. The van der Waals surface area contributed by atoms with E-state index < -0.39 is 17.8 Å². The Morgan fingerprint density at radius 3 is 2.48 bits per heavy atom. The number of carbonyl (C=O) groups excluding carboxylic acids is 1. The maximum atomic E-state index is 12.5. The molecule has 4 atom stereocenters. The van der Waals surface area contributed by atoms with Gasteiger partial charge in [-0.3, -0.25) is 9.59 Å². The van der Waals surface area contributed by atoms with Crippen LogP contribution in [0.5, 0.6) is 5.75 Å². The van der Waals surface area contributed by atoms with E-state index in [-0.39, 0.29) is 24.3 Å². The Bertz CT molecular complexity index is 690. The van der Waals surface area contributed by atoms with Gasteiger partial charge in [0.05, 0.1) is 11.8 Å². The molecule has 2 N–H and O–H groups in total. The molecule has 1 saturated carbocycles. The Morgan fingerprint density at radius 2 is 1.87 bits per heavy atom. The van der Waals surface area contributed by atoms with Crippen molar-refractivity contribution in [2.24, 2.45) is 23.7 Å². The molecule has 6 heteroatoms. The highest BCUT2D eigenvalue weighted by molar-refractivity contribution is 5.96. The second-order valence-corrected chi connectivity index (χ2v) is 5.80. The van der Waals surface area contributed by atoms with Crippen molar-refractivity contribution >= 4 is 17.6 Å². The van der Waals surface area contributed by atoms with Crippen molar-refractivity contribution in [1.82, 2.24) is 0 Å². The lowest BCUT2D eigenvalue weighted by Gasteiger charge is -2.23. The number of fused-ring (bicyclic) bond motifs is 2. The minimum atomic E-state index is -0.915. The molecule has 3 rings (SSSR count). The van der Waals surface area contributed by atoms with Gasteiger partial charge in [-0.05, 0) is 42.5 Å². The number of anilines is 1. The first-order valence-corrected chi connectivity index (χ1v) is 7.42. The predicted molar refractivity (Wildman–Crippen MR) is 81.5 cm³/mol. The van der Waals surface area contributed by atoms with E-state index in [2.05, 4.69) is 5.32 Å². The van der Waals surface area contributed by atoms with E-state index in [9.17, 15) is 14.7 Å². The lowest BCUT2D eigenvalue weighted by Crippen LogP contribution is -2.36. The van der Waals surface area contributed by atoms with E-state index in [4.69, 9.17) is 10.00 Å². The van der Waals surface area contributed by atoms with Gasteiger partial charge in [-0.15, -0.1) is 0 Å². The normalized spacial score (nSPS) is 27.4. The molecule has 1 fully saturated rings. The number of hydrogen-bond donors (Lipinski definition) is 2. The Balaban J connectivity index is 1.68. The topological polar surface area (TPSA) is 99.4 Å². The summed E-state index contributed by atoms with van der Waals surface area (Å²) in [6.45, 7) is -0.0382. The summed E-state index contributed by atoms with van der Waals surface area (Å²) >= 11 is 0. The van der Waals surface area contributed by atoms with Gasteiger partial charge < -0.3 is 15.2 Å². The molecule has 0 heterocycles. The van der Waals surface area contributed by atoms with Crippen LogP contribution in [0.15, 0.2) is 36.4 Å². The van der Waals surface area contributed by atoms with Crippen LogP contribution in [0.4, 0.5) is 5.69 Å². The molecule has 0 saturated heterocycles. The van der Waals surface area contributed by atoms with Gasteiger partial charge in [-0.25, -0.2) is 0 Å². The lowest BCUT2D eigenvalue weighted by atomic mass is 9.82. The molecule has 6 nitrogen and oxygen atoms in total. The molecular weight excluding hydrogens is 296 g/mol. The molecular formula is C17H16N2O4. The molecule has 1 aromatic carbocycles. The summed E-state index contributed by atoms with van der Waals surface area (Å²) in [6, 6.07) is 8.53. The van der Waals surface area contributed by atoms with Crippen LogP contribution in [-0.2, 0) is 9.59 Å². The largest absolute Gasteiger partial charge is 0.481 e. The fourth-order valence-electron chi connectivity index (χ4n) is 3.49. The van der Waals surface area contributed by atoms with Crippen LogP contribution in [0.1, 0.15) is 6.42 Å². The SMILES string of the molecule is N#CCOc1ccc(NC(=O)[C@@H]2[C@@H](C(=O)O)[C@H]3C=C[C@H]2C3)cc1. The van der Waals surface area contributed by atoms with Crippen LogP contribution in [0, 0.1) is 35.0 Å². The lowest BCUT2D eigenvalue weighted by molar-refractivity contribution is -0.146. The maximum absolute atomic E-state index is 12.5. The van der Waals surface area contributed by atoms with Crippen molar-refractivity contribution in [1.29, 1.82) is 5.26 Å². The Morgan fingerprint density at radius 1 is 1.22 bits per heavy atom. The minimum Gasteiger partial charge on any atom is -0.481 e. The van der Waals surface area contributed by atoms with Gasteiger partial charge in [-0.2, -0.15) is 5.26 Å². The molecule has 2 aliphatic rings. The monoisotopic (exact) mass is 312 g/mol. The van der Waals surface area contributed by atoms with Crippen LogP contribution in [0.3, 0.4) is 0 Å². The van der Waals surface area contributed by atoms with Gasteiger partial charge in [-0.1, -0.05) is 12.2 Å². The number of carboxylic acid groups (broad SMARTS) is 1. The van der Waals surface area contributed by atoms with E-state index in [1.807, 2.05) is 18.2 Å². The first kappa shape index (κ1) is 15.1. The zero-order valence-corrected chi connectivity index (χ0v) is 12.3. The summed E-state index contributed by atoms with van der Waals surface area (Å²) in [5, 5.41) is 20.6. The van der Waals surface area contributed by atoms with Gasteiger partial charge in [0.25, 0.3) is 0 Å². The van der Waals surface area contributed by atoms with E-state index in [0.717, 1.165) is 6.42 Å². The molecule has 1 aromatic rings. The van der Waals surface area contributed by atoms with Crippen LogP contribution in [0.2, 0.25) is 0 Å². The molecule has 1 amide bonds. The highest BCUT2D eigenvalue weighted by atomic mass is 16.5. The molecule has 0 aromatic heterocycles. The third-order valence-electron chi connectivity index (χ3n) is 4.47. The minimum absolute atomic E-state index is 0.000616. The third-order valence-corrected chi connectivity index (χ3v) is 4.47. The van der Waals surface area contributed by atoms with Crippen molar-refractivity contribution in [3.8, 4) is 11.8 Å². The van der Waals surface area contributed by atoms with Crippen molar-refractivity contribution in [3.63, 3.8) is 0 Å². The van der Waals surface area contributed by atoms with E-state index >= 15 is 0 Å². The highest BCUT2D eigenvalue weighted by Crippen LogP contribution is 2.48. The maximum Gasteiger partial charge on any atom is 0.307 e. The zero-order valence-electron chi connectivity index (χ0n) is 12.3. The molecule has 118 valence electrons. The summed E-state index contributed by atoms with van der Waals surface area (Å²) in [5.41, 5.74) is 0.579. The third kappa shape index (κ3) is 2.90. The van der Waals surface area contributed by atoms with Crippen LogP contribution >= 0.6 is 0 Å². The van der Waals surface area contributed by atoms with Crippen LogP contribution in [0.25, 0.3) is 0 Å². The molecule has 0 radical (unpaired) electrons. The Labute approximate surface area is 133 Å². The number of carbonyl (C=O) groups is 2. The second kappa shape index (κ2) is 6.13. The number of nitrogens with one attached hydrogen (secondary N) is 1. The number of carboxylic acids is 1. The van der Waals surface area contributed by atoms with Crippen LogP contribution in [-0.4, -0.2) is 23.6 Å². The van der Waals surface area contributed by atoms with Gasteiger partial charge in [0.2, 0.25) is 5.91 Å². The zero-order chi connectivity index (χ0) is 16.4. The fraction of sp³-hybridized carbons (Fsp3) is 0.353. The van der Waals surface area contributed by atoms with Gasteiger partial charge >= 0.3 is 5.97 Å². The number of hydrogen-bond acceptors (Lipinski definition) is 4. The smallest absolute Gasteiger partial charge is 0.307 e. The number of rotatable bonds is 5. The molecule has 2 aliphatic carbocycles. The molecule has 0 spiro atoms. The van der Waals surface area contributed by atoms with Gasteiger partial charge in [0.15, 0.2) is 6.61 Å². The number of benzene rings is 1. The average Bonchev–Trinajstić information content (AvgIpc) is 3.15. The number of aliphatic carboxylic acids is 1. The van der Waals surface area contributed by atoms with Crippen molar-refractivity contribution in [2.75, 3.05) is 11.9 Å². The van der Waals surface area contributed by atoms with Crippen molar-refractivity contribution < 1.29 is 19.4 Å². The summed E-state index contributed by atoms with van der Waals surface area (Å²) in [5.74, 6) is -1.87. The molecule has 0 aliphatic heterocycles. The number of nitriles is 1. The summed E-state index contributed by atoms with van der Waals surface area (Å²) < 4.78 is 5.14. The van der Waals surface area contributed by atoms with Gasteiger partial charge in [0, 0.05) is 5.69 Å². The number of nitrogens with zero attached hydrogens (tertiary/aromatic N) is 1. The Hall–Kier alpha value is -2.81. The number of allylic oxidation sites excluding steroid dienone is 2. The molecule has 0 unspecified atom stereocenters. The van der Waals surface area contributed by atoms with Gasteiger partial charge in [0.1, 0.15) is 11.8 Å². The standard InChI is InChI=1S/C17H16N2O4/c18-7-8-23-13-5-3-12(4-6-13)19-16(20)14-10-1-2-11(9-10)15(14)17(21)22/h1-6,10-11,14-15H,8-9H2,(H,19,20)(H,21,22)/t10-,11-,14-,15-/m0/s1. The number of amides is 1. The van der Waals surface area contributed by atoms with Crippen molar-refractivity contribution in [3.05, 3.63) is 36.4 Å². The van der Waals surface area contributed by atoms with Crippen molar-refractivity contribution in [2.45, 2.75) is 6.42 Å². The molecule has 2 bridgehead atoms. The summed E-state index contributed by atoms with van der Waals surface area (Å²) in [6.07, 6.45) is 4.59. The quantitative estimate of drug-likeness (QED) is 0.811. The van der Waals surface area contributed by atoms with E-state index in [1.54, 1.807) is 24.3 Å². The molecule has 23 heavy (non-hydrogen) atoms. The number of ether oxygens (including phenoxy) is 1. The highest BCUT2D eigenvalue weighted by Gasteiger charge is 2.51. The summed E-state index contributed by atoms with van der Waals surface area (Å²) in [4.78, 5) is 23.9. The van der Waals surface area contributed by atoms with Crippen LogP contribution < -0.4 is 10.1 Å². The van der Waals surface area contributed by atoms with E-state index in [0.29, 0.717) is 11.4 Å². The first-order chi connectivity index (χ1) is 11.1. The van der Waals surface area contributed by atoms with E-state index in [1.165, 1.54) is 0 Å². The second-order valence-electron chi connectivity index (χ2n) is 5.80.